The molecular formula is C16H31IN4O. The summed E-state index contributed by atoms with van der Waals surface area (Å²) in [7, 11) is 1.91. The lowest BCUT2D eigenvalue weighted by Crippen LogP contribution is -2.42. The van der Waals surface area contributed by atoms with E-state index in [4.69, 9.17) is 4.74 Å². The smallest absolute Gasteiger partial charge is 0.193 e. The van der Waals surface area contributed by atoms with E-state index in [1.54, 1.807) is 0 Å². The largest absolute Gasteiger partial charge is 0.379 e. The Morgan fingerprint density at radius 2 is 1.91 bits per heavy atom. The fourth-order valence-corrected chi connectivity index (χ4v) is 3.45. The molecule has 6 heteroatoms. The molecule has 22 heavy (non-hydrogen) atoms. The van der Waals surface area contributed by atoms with Gasteiger partial charge < -0.3 is 15.0 Å². The van der Waals surface area contributed by atoms with Gasteiger partial charge in [0.15, 0.2) is 5.96 Å². The number of nitrogens with one attached hydrogen (secondary N) is 1. The van der Waals surface area contributed by atoms with E-state index in [-0.39, 0.29) is 24.0 Å². The third kappa shape index (κ3) is 5.53. The van der Waals surface area contributed by atoms with Crippen LogP contribution >= 0.6 is 24.0 Å². The number of guanidine groups is 1. The lowest BCUT2D eigenvalue weighted by atomic mass is 10.1. The van der Waals surface area contributed by atoms with Gasteiger partial charge >= 0.3 is 0 Å². The molecule has 5 nitrogen and oxygen atoms in total. The summed E-state index contributed by atoms with van der Waals surface area (Å²) in [4.78, 5) is 9.47. The first-order valence-corrected chi connectivity index (χ1v) is 8.61. The zero-order valence-corrected chi connectivity index (χ0v) is 16.1. The van der Waals surface area contributed by atoms with Gasteiger partial charge in [-0.3, -0.25) is 9.89 Å². The number of rotatable bonds is 5. The maximum Gasteiger partial charge on any atom is 0.193 e. The van der Waals surface area contributed by atoms with Crippen molar-refractivity contribution < 1.29 is 4.74 Å². The lowest BCUT2D eigenvalue weighted by Gasteiger charge is -2.29. The number of hydrogen-bond donors (Lipinski definition) is 1. The number of likely N-dealkylation sites (tertiary alicyclic amines) is 1. The maximum atomic E-state index is 5.43. The Labute approximate surface area is 151 Å². The minimum Gasteiger partial charge on any atom is -0.379 e. The number of morpholine rings is 1. The van der Waals surface area contributed by atoms with Crippen molar-refractivity contribution in [2.24, 2.45) is 16.8 Å². The highest BCUT2D eigenvalue weighted by Gasteiger charge is 2.27. The van der Waals surface area contributed by atoms with Crippen molar-refractivity contribution in [3.63, 3.8) is 0 Å². The van der Waals surface area contributed by atoms with Crippen molar-refractivity contribution >= 4 is 29.9 Å². The first-order valence-electron chi connectivity index (χ1n) is 8.61. The quantitative estimate of drug-likeness (QED) is 0.416. The average molecular weight is 422 g/mol. The number of hydrogen-bond acceptors (Lipinski definition) is 3. The Bertz CT molecular complexity index is 356. The summed E-state index contributed by atoms with van der Waals surface area (Å²) in [6.45, 7) is 8.62. The van der Waals surface area contributed by atoms with E-state index in [1.165, 1.54) is 32.2 Å². The Kier molecular flexibility index (Phi) is 7.70. The highest BCUT2D eigenvalue weighted by Crippen LogP contribution is 2.31. The summed E-state index contributed by atoms with van der Waals surface area (Å²) in [5, 5.41) is 3.55. The van der Waals surface area contributed by atoms with Crippen molar-refractivity contribution in [3.05, 3.63) is 0 Å². The molecule has 0 spiro atoms. The molecule has 1 N–H and O–H groups in total. The Morgan fingerprint density at radius 3 is 2.59 bits per heavy atom. The second-order valence-electron chi connectivity index (χ2n) is 6.72. The van der Waals surface area contributed by atoms with Gasteiger partial charge in [-0.1, -0.05) is 12.8 Å². The molecule has 1 saturated carbocycles. The van der Waals surface area contributed by atoms with Crippen molar-refractivity contribution in [1.29, 1.82) is 0 Å². The van der Waals surface area contributed by atoms with Crippen LogP contribution in [0.1, 0.15) is 25.7 Å². The molecule has 1 unspecified atom stereocenters. The van der Waals surface area contributed by atoms with E-state index < -0.39 is 0 Å². The van der Waals surface area contributed by atoms with Gasteiger partial charge in [-0.15, -0.1) is 24.0 Å². The van der Waals surface area contributed by atoms with Crippen LogP contribution in [-0.4, -0.2) is 75.3 Å². The first-order chi connectivity index (χ1) is 10.3. The van der Waals surface area contributed by atoms with Gasteiger partial charge in [0.2, 0.25) is 0 Å². The predicted molar refractivity (Wildman–Crippen MR) is 101 cm³/mol. The van der Waals surface area contributed by atoms with Crippen LogP contribution in [-0.2, 0) is 4.74 Å². The van der Waals surface area contributed by atoms with E-state index in [2.05, 4.69) is 20.1 Å². The summed E-state index contributed by atoms with van der Waals surface area (Å²) < 4.78 is 5.43. The molecule has 0 amide bonds. The molecule has 2 heterocycles. The summed E-state index contributed by atoms with van der Waals surface area (Å²) >= 11 is 0. The Balaban J connectivity index is 0.00000176. The number of ether oxygens (including phenoxy) is 1. The predicted octanol–water partition coefficient (Wildman–Crippen LogP) is 1.63. The van der Waals surface area contributed by atoms with Gasteiger partial charge in [0.25, 0.3) is 0 Å². The Morgan fingerprint density at radius 1 is 1.14 bits per heavy atom. The molecule has 1 aliphatic carbocycles. The molecule has 0 bridgehead atoms. The monoisotopic (exact) mass is 422 g/mol. The molecule has 0 aromatic heterocycles. The van der Waals surface area contributed by atoms with Crippen LogP contribution in [0.25, 0.3) is 0 Å². The van der Waals surface area contributed by atoms with Crippen LogP contribution in [0, 0.1) is 11.8 Å². The van der Waals surface area contributed by atoms with E-state index in [0.717, 1.165) is 63.7 Å². The second-order valence-corrected chi connectivity index (χ2v) is 6.72. The molecule has 0 radical (unpaired) electrons. The van der Waals surface area contributed by atoms with Crippen LogP contribution in [0.15, 0.2) is 4.99 Å². The normalized spacial score (nSPS) is 26.9. The molecule has 3 rings (SSSR count). The van der Waals surface area contributed by atoms with Crippen LogP contribution < -0.4 is 5.32 Å². The molecule has 3 aliphatic rings. The summed E-state index contributed by atoms with van der Waals surface area (Å²) in [6.07, 6.45) is 5.47. The molecule has 2 saturated heterocycles. The zero-order chi connectivity index (χ0) is 14.5. The Hall–Kier alpha value is -0.0800. The second kappa shape index (κ2) is 9.27. The van der Waals surface area contributed by atoms with Crippen molar-refractivity contribution in [3.8, 4) is 0 Å². The van der Waals surface area contributed by atoms with E-state index >= 15 is 0 Å². The minimum atomic E-state index is 0. The molecule has 0 aromatic rings. The van der Waals surface area contributed by atoms with Gasteiger partial charge in [0.05, 0.1) is 13.2 Å². The molecule has 0 aromatic carbocycles. The van der Waals surface area contributed by atoms with Gasteiger partial charge in [-0.2, -0.15) is 0 Å². The highest BCUT2D eigenvalue weighted by molar-refractivity contribution is 14.0. The third-order valence-electron chi connectivity index (χ3n) is 4.95. The van der Waals surface area contributed by atoms with Gasteiger partial charge in [0.1, 0.15) is 0 Å². The van der Waals surface area contributed by atoms with E-state index in [1.807, 2.05) is 7.05 Å². The number of halogens is 1. The van der Waals surface area contributed by atoms with Crippen LogP contribution in [0.4, 0.5) is 0 Å². The summed E-state index contributed by atoms with van der Waals surface area (Å²) in [5.41, 5.74) is 0. The van der Waals surface area contributed by atoms with E-state index in [9.17, 15) is 0 Å². The van der Waals surface area contributed by atoms with Crippen LogP contribution in [0.2, 0.25) is 0 Å². The van der Waals surface area contributed by atoms with Crippen molar-refractivity contribution in [2.75, 3.05) is 59.5 Å². The van der Waals surface area contributed by atoms with Crippen LogP contribution in [0.3, 0.4) is 0 Å². The topological polar surface area (TPSA) is 40.1 Å². The summed E-state index contributed by atoms with van der Waals surface area (Å²) in [5.74, 6) is 2.88. The first kappa shape index (κ1) is 18.3. The van der Waals surface area contributed by atoms with Crippen molar-refractivity contribution in [2.45, 2.75) is 25.7 Å². The van der Waals surface area contributed by atoms with E-state index in [0.29, 0.717) is 0 Å². The molecule has 1 atom stereocenters. The van der Waals surface area contributed by atoms with Gasteiger partial charge in [-0.05, 0) is 24.7 Å². The van der Waals surface area contributed by atoms with Gasteiger partial charge in [0, 0.05) is 46.3 Å². The molecule has 128 valence electrons. The zero-order valence-electron chi connectivity index (χ0n) is 13.8. The standard InChI is InChI=1S/C16H30N4O.HI/c1-17-16(18-6-4-14-2-3-14)20-7-5-15(13-20)12-19-8-10-21-11-9-19;/h14-15H,2-13H2,1H3,(H,17,18);1H. The molecule has 3 fully saturated rings. The maximum absolute atomic E-state index is 5.43. The number of nitrogens with zero attached hydrogens (tertiary/aromatic N) is 3. The minimum absolute atomic E-state index is 0. The fourth-order valence-electron chi connectivity index (χ4n) is 3.45. The molecular weight excluding hydrogens is 391 g/mol. The van der Waals surface area contributed by atoms with Crippen LogP contribution in [0.5, 0.6) is 0 Å². The van der Waals surface area contributed by atoms with Crippen molar-refractivity contribution in [1.82, 2.24) is 15.1 Å². The highest BCUT2D eigenvalue weighted by atomic mass is 127. The van der Waals surface area contributed by atoms with Gasteiger partial charge in [-0.25, -0.2) is 0 Å². The summed E-state index contributed by atoms with van der Waals surface area (Å²) in [6, 6.07) is 0. The fraction of sp³-hybridized carbons (Fsp3) is 0.938. The number of aliphatic imine (C=N–C) groups is 1. The molecule has 2 aliphatic heterocycles. The third-order valence-corrected chi connectivity index (χ3v) is 4.95. The SMILES string of the molecule is CN=C(NCCC1CC1)N1CCC(CN2CCOCC2)C1.I. The lowest BCUT2D eigenvalue weighted by molar-refractivity contribution is 0.0315. The average Bonchev–Trinajstić information content (AvgIpc) is 3.23.